The van der Waals surface area contributed by atoms with E-state index in [-0.39, 0.29) is 10.8 Å². The summed E-state index contributed by atoms with van der Waals surface area (Å²) in [5.74, 6) is 3.07. The van der Waals surface area contributed by atoms with Gasteiger partial charge in [0.25, 0.3) is 0 Å². The van der Waals surface area contributed by atoms with Crippen molar-refractivity contribution >= 4 is 23.5 Å². The number of nitrogens with two attached hydrogens (primary N) is 1. The zero-order valence-electron chi connectivity index (χ0n) is 10.9. The predicted molar refractivity (Wildman–Crippen MR) is 75.3 cm³/mol. The Hall–Kier alpha value is -0.200. The summed E-state index contributed by atoms with van der Waals surface area (Å²) in [6.45, 7) is 6.51. The second-order valence-corrected chi connectivity index (χ2v) is 7.63. The highest BCUT2D eigenvalue weighted by molar-refractivity contribution is 7.99. The Bertz CT molecular complexity index is 336. The largest absolute Gasteiger partial charge is 0.338 e. The molecule has 17 heavy (non-hydrogen) atoms. The number of nitrogens with zero attached hydrogens (tertiary/aromatic N) is 2. The average Bonchev–Trinajstić information content (AvgIpc) is 2.70. The smallest absolute Gasteiger partial charge is 0.243 e. The Morgan fingerprint density at radius 2 is 2.12 bits per heavy atom. The summed E-state index contributed by atoms with van der Waals surface area (Å²) in [6.07, 6.45) is 2.93. The highest BCUT2D eigenvalue weighted by Gasteiger charge is 2.16. The third kappa shape index (κ3) is 5.79. The minimum Gasteiger partial charge on any atom is -0.338 e. The molecule has 0 radical (unpaired) electrons. The lowest BCUT2D eigenvalue weighted by molar-refractivity contribution is 0.350. The van der Waals surface area contributed by atoms with Crippen LogP contribution in [0, 0.1) is 0 Å². The number of hydrogen-bond donors (Lipinski definition) is 1. The first-order valence-electron chi connectivity index (χ1n) is 5.63. The van der Waals surface area contributed by atoms with Gasteiger partial charge < -0.3 is 10.3 Å². The maximum absolute atomic E-state index is 5.96. The lowest BCUT2D eigenvalue weighted by Crippen LogP contribution is -2.12. The Balaban J connectivity index is 2.47. The Labute approximate surface area is 111 Å². The van der Waals surface area contributed by atoms with E-state index in [1.807, 2.05) is 0 Å². The minimum absolute atomic E-state index is 0.136. The van der Waals surface area contributed by atoms with Crippen LogP contribution >= 0.6 is 23.5 Å². The first-order valence-corrected chi connectivity index (χ1v) is 8.01. The van der Waals surface area contributed by atoms with Crippen LogP contribution in [-0.4, -0.2) is 26.9 Å². The second kappa shape index (κ2) is 6.66. The van der Waals surface area contributed by atoms with Crippen LogP contribution in [0.3, 0.4) is 0 Å². The van der Waals surface area contributed by atoms with Gasteiger partial charge in [-0.15, -0.1) is 11.8 Å². The Morgan fingerprint density at radius 1 is 1.41 bits per heavy atom. The van der Waals surface area contributed by atoms with E-state index >= 15 is 0 Å². The molecule has 0 aromatic carbocycles. The summed E-state index contributed by atoms with van der Waals surface area (Å²) >= 11 is 3.57. The van der Waals surface area contributed by atoms with Gasteiger partial charge >= 0.3 is 0 Å². The Morgan fingerprint density at radius 3 is 2.71 bits per heavy atom. The van der Waals surface area contributed by atoms with Crippen LogP contribution < -0.4 is 5.73 Å². The van der Waals surface area contributed by atoms with Crippen LogP contribution in [-0.2, 0) is 5.75 Å². The van der Waals surface area contributed by atoms with E-state index in [2.05, 4.69) is 37.2 Å². The molecule has 4 nitrogen and oxygen atoms in total. The lowest BCUT2D eigenvalue weighted by Gasteiger charge is -2.15. The van der Waals surface area contributed by atoms with Crippen molar-refractivity contribution in [1.29, 1.82) is 0 Å². The topological polar surface area (TPSA) is 64.9 Å². The van der Waals surface area contributed by atoms with E-state index in [0.29, 0.717) is 5.89 Å². The van der Waals surface area contributed by atoms with Gasteiger partial charge in [0.05, 0.1) is 11.8 Å². The van der Waals surface area contributed by atoms with Gasteiger partial charge in [0, 0.05) is 4.75 Å². The van der Waals surface area contributed by atoms with Crippen molar-refractivity contribution in [1.82, 2.24) is 10.1 Å². The number of aromatic nitrogens is 2. The molecule has 98 valence electrons. The van der Waals surface area contributed by atoms with Crippen molar-refractivity contribution in [2.24, 2.45) is 5.73 Å². The molecule has 1 atom stereocenters. The number of rotatable bonds is 6. The first kappa shape index (κ1) is 14.9. The van der Waals surface area contributed by atoms with Crippen molar-refractivity contribution < 1.29 is 4.52 Å². The lowest BCUT2D eigenvalue weighted by atomic mass is 10.2. The van der Waals surface area contributed by atoms with Gasteiger partial charge in [0.15, 0.2) is 5.82 Å². The van der Waals surface area contributed by atoms with Crippen molar-refractivity contribution in [3.8, 4) is 0 Å². The number of hydrogen-bond acceptors (Lipinski definition) is 6. The molecule has 1 heterocycles. The summed E-state index contributed by atoms with van der Waals surface area (Å²) in [7, 11) is 0. The zero-order valence-corrected chi connectivity index (χ0v) is 12.5. The van der Waals surface area contributed by atoms with E-state index in [0.717, 1.165) is 23.8 Å². The molecule has 0 saturated heterocycles. The van der Waals surface area contributed by atoms with Crippen LogP contribution in [0.2, 0.25) is 0 Å². The van der Waals surface area contributed by atoms with E-state index in [9.17, 15) is 0 Å². The van der Waals surface area contributed by atoms with Crippen LogP contribution in [0.4, 0.5) is 0 Å². The number of thioether (sulfide) groups is 2. The summed E-state index contributed by atoms with van der Waals surface area (Å²) in [5, 5.41) is 3.95. The molecular weight excluding hydrogens is 254 g/mol. The van der Waals surface area contributed by atoms with Gasteiger partial charge in [-0.2, -0.15) is 16.7 Å². The fourth-order valence-corrected chi connectivity index (χ4v) is 2.30. The highest BCUT2D eigenvalue weighted by Crippen LogP contribution is 2.26. The van der Waals surface area contributed by atoms with Gasteiger partial charge in [0.2, 0.25) is 5.89 Å². The molecule has 0 amide bonds. The van der Waals surface area contributed by atoms with Gasteiger partial charge in [0.1, 0.15) is 0 Å². The van der Waals surface area contributed by atoms with E-state index in [4.69, 9.17) is 10.3 Å². The van der Waals surface area contributed by atoms with Crippen molar-refractivity contribution in [3.05, 3.63) is 11.7 Å². The molecule has 0 bridgehead atoms. The molecular formula is C11H21N3OS2. The zero-order chi connectivity index (χ0) is 12.9. The average molecular weight is 275 g/mol. The summed E-state index contributed by atoms with van der Waals surface area (Å²) in [4.78, 5) is 4.33. The fraction of sp³-hybridized carbons (Fsp3) is 0.818. The Kier molecular flexibility index (Phi) is 5.82. The fourth-order valence-electron chi connectivity index (χ4n) is 1.13. The van der Waals surface area contributed by atoms with E-state index < -0.39 is 0 Å². The third-order valence-corrected chi connectivity index (χ3v) is 3.98. The molecule has 6 heteroatoms. The molecule has 0 aliphatic rings. The molecule has 0 unspecified atom stereocenters. The van der Waals surface area contributed by atoms with Crippen molar-refractivity contribution in [2.75, 3.05) is 12.0 Å². The van der Waals surface area contributed by atoms with Crippen molar-refractivity contribution in [2.45, 2.75) is 43.7 Å². The molecule has 0 saturated carbocycles. The monoisotopic (exact) mass is 275 g/mol. The van der Waals surface area contributed by atoms with Gasteiger partial charge in [-0.1, -0.05) is 25.9 Å². The maximum atomic E-state index is 5.96. The highest BCUT2D eigenvalue weighted by atomic mass is 32.2. The minimum atomic E-state index is -0.136. The van der Waals surface area contributed by atoms with Crippen LogP contribution in [0.1, 0.15) is 44.9 Å². The molecule has 1 rings (SSSR count). The van der Waals surface area contributed by atoms with Crippen molar-refractivity contribution in [3.63, 3.8) is 0 Å². The maximum Gasteiger partial charge on any atom is 0.243 e. The normalized spacial score (nSPS) is 13.9. The van der Waals surface area contributed by atoms with Gasteiger partial charge in [-0.3, -0.25) is 0 Å². The molecule has 1 aromatic rings. The SMILES string of the molecule is CSCC[C@H](N)c1nc(CSC(C)(C)C)no1. The van der Waals surface area contributed by atoms with Crippen LogP contribution in [0.5, 0.6) is 0 Å². The predicted octanol–water partition coefficient (Wildman–Crippen LogP) is 2.85. The standard InChI is InChI=1S/C11H21N3OS2/c1-11(2,3)17-7-9-13-10(15-14-9)8(12)5-6-16-4/h8H,5-7,12H2,1-4H3/t8-/m0/s1. The summed E-state index contributed by atoms with van der Waals surface area (Å²) < 4.78 is 5.39. The molecule has 0 aliphatic heterocycles. The quantitative estimate of drug-likeness (QED) is 0.861. The van der Waals surface area contributed by atoms with E-state index in [1.165, 1.54) is 0 Å². The molecule has 0 fully saturated rings. The van der Waals surface area contributed by atoms with Gasteiger partial charge in [-0.25, -0.2) is 0 Å². The molecule has 1 aromatic heterocycles. The van der Waals surface area contributed by atoms with E-state index in [1.54, 1.807) is 23.5 Å². The first-order chi connectivity index (χ1) is 7.92. The summed E-state index contributed by atoms with van der Waals surface area (Å²) in [6, 6.07) is -0.136. The molecule has 2 N–H and O–H groups in total. The van der Waals surface area contributed by atoms with Crippen LogP contribution in [0.15, 0.2) is 4.52 Å². The summed E-state index contributed by atoms with van der Waals surface area (Å²) in [5.41, 5.74) is 5.96. The van der Waals surface area contributed by atoms with Gasteiger partial charge in [-0.05, 0) is 18.4 Å². The second-order valence-electron chi connectivity index (χ2n) is 4.84. The molecule has 0 spiro atoms. The molecule has 0 aliphatic carbocycles. The third-order valence-electron chi connectivity index (χ3n) is 2.07. The van der Waals surface area contributed by atoms with Crippen LogP contribution in [0.25, 0.3) is 0 Å².